The highest BCUT2D eigenvalue weighted by molar-refractivity contribution is 8.00. The minimum absolute atomic E-state index is 0.142. The zero-order valence-corrected chi connectivity index (χ0v) is 16.1. The van der Waals surface area contributed by atoms with Gasteiger partial charge in [-0.25, -0.2) is 0 Å². The lowest BCUT2D eigenvalue weighted by atomic mass is 9.45. The maximum absolute atomic E-state index is 12.0. The normalized spacial score (nSPS) is 56.8. The van der Waals surface area contributed by atoms with Crippen LogP contribution < -0.4 is 0 Å². The van der Waals surface area contributed by atoms with E-state index in [1.165, 1.54) is 44.3 Å². The van der Waals surface area contributed by atoms with Gasteiger partial charge in [0.2, 0.25) is 0 Å². The summed E-state index contributed by atoms with van der Waals surface area (Å²) in [4.78, 5) is 12.1. The lowest BCUT2D eigenvalue weighted by Crippen LogP contribution is -2.55. The molecule has 0 radical (unpaired) electrons. The quantitative estimate of drug-likeness (QED) is 0.612. The van der Waals surface area contributed by atoms with Crippen molar-refractivity contribution >= 4 is 17.5 Å². The van der Waals surface area contributed by atoms with E-state index >= 15 is 0 Å². The Bertz CT molecular complexity index is 554. The molecule has 0 amide bonds. The number of carbonyl (C=O) groups is 1. The number of Topliss-reactive ketones (excluding diaryl/α,β-unsaturated/α-hetero) is 1. The van der Waals surface area contributed by atoms with Crippen molar-refractivity contribution in [2.75, 3.05) is 12.4 Å². The van der Waals surface area contributed by atoms with E-state index in [9.17, 15) is 4.79 Å². The number of rotatable bonds is 0. The van der Waals surface area contributed by atoms with E-state index in [2.05, 4.69) is 25.6 Å². The predicted octanol–water partition coefficient (Wildman–Crippen LogP) is 5.06. The Morgan fingerprint density at radius 2 is 1.88 bits per heavy atom. The summed E-state index contributed by atoms with van der Waals surface area (Å²) < 4.78 is 6.42. The van der Waals surface area contributed by atoms with Gasteiger partial charge in [0.1, 0.15) is 10.7 Å². The van der Waals surface area contributed by atoms with Crippen molar-refractivity contribution in [3.05, 3.63) is 0 Å². The molecule has 4 saturated carbocycles. The summed E-state index contributed by atoms with van der Waals surface area (Å²) in [7, 11) is 0. The van der Waals surface area contributed by atoms with Gasteiger partial charge < -0.3 is 4.74 Å². The van der Waals surface area contributed by atoms with Crippen LogP contribution in [0.3, 0.4) is 0 Å². The van der Waals surface area contributed by atoms with Crippen LogP contribution in [0.2, 0.25) is 0 Å². The fourth-order valence-electron chi connectivity index (χ4n) is 7.93. The summed E-state index contributed by atoms with van der Waals surface area (Å²) >= 11 is 2.13. The molecule has 0 aromatic heterocycles. The summed E-state index contributed by atoms with van der Waals surface area (Å²) in [5.41, 5.74) is 0.834. The van der Waals surface area contributed by atoms with E-state index in [1.807, 2.05) is 0 Å². The summed E-state index contributed by atoms with van der Waals surface area (Å²) in [6, 6.07) is 0. The molecule has 1 aliphatic heterocycles. The van der Waals surface area contributed by atoms with Gasteiger partial charge in [0.05, 0.1) is 6.61 Å². The number of thioether (sulfide) groups is 1. The average Bonchev–Trinajstić information content (AvgIpc) is 3.15. The third-order valence-corrected chi connectivity index (χ3v) is 10.9. The fraction of sp³-hybridized carbons (Fsp3) is 0.952. The van der Waals surface area contributed by atoms with E-state index in [1.54, 1.807) is 0 Å². The van der Waals surface area contributed by atoms with Crippen molar-refractivity contribution in [2.45, 2.75) is 76.6 Å². The maximum Gasteiger partial charge on any atom is 0.133 e. The van der Waals surface area contributed by atoms with Crippen LogP contribution in [0.25, 0.3) is 0 Å². The molecular formula is C21H32O2S. The van der Waals surface area contributed by atoms with Gasteiger partial charge in [-0.15, -0.1) is 11.8 Å². The largest absolute Gasteiger partial charge is 0.363 e. The second kappa shape index (κ2) is 5.25. The zero-order valence-electron chi connectivity index (χ0n) is 15.3. The molecule has 1 spiro atoms. The summed E-state index contributed by atoms with van der Waals surface area (Å²) in [6.07, 6.45) is 11.0. The summed E-state index contributed by atoms with van der Waals surface area (Å²) in [6.45, 7) is 6.08. The van der Waals surface area contributed by atoms with Crippen molar-refractivity contribution in [3.8, 4) is 0 Å². The molecule has 1 heterocycles. The van der Waals surface area contributed by atoms with Gasteiger partial charge in [0.15, 0.2) is 0 Å². The highest BCUT2D eigenvalue weighted by Gasteiger charge is 2.66. The lowest BCUT2D eigenvalue weighted by Gasteiger charge is -2.61. The van der Waals surface area contributed by atoms with Crippen molar-refractivity contribution in [3.63, 3.8) is 0 Å². The zero-order chi connectivity index (χ0) is 16.6. The van der Waals surface area contributed by atoms with Crippen molar-refractivity contribution in [1.29, 1.82) is 0 Å². The fourth-order valence-corrected chi connectivity index (χ4v) is 9.44. The molecule has 0 unspecified atom stereocenters. The lowest BCUT2D eigenvalue weighted by molar-refractivity contribution is -0.147. The van der Waals surface area contributed by atoms with Gasteiger partial charge in [-0.05, 0) is 74.0 Å². The molecule has 1 saturated heterocycles. The first-order chi connectivity index (χ1) is 11.5. The minimum Gasteiger partial charge on any atom is -0.363 e. The van der Waals surface area contributed by atoms with E-state index in [-0.39, 0.29) is 4.93 Å². The van der Waals surface area contributed by atoms with Crippen LogP contribution in [0.1, 0.15) is 71.6 Å². The number of carbonyl (C=O) groups excluding carboxylic acids is 1. The monoisotopic (exact) mass is 348 g/mol. The van der Waals surface area contributed by atoms with E-state index in [4.69, 9.17) is 4.74 Å². The van der Waals surface area contributed by atoms with Gasteiger partial charge in [-0.3, -0.25) is 4.79 Å². The second-order valence-corrected chi connectivity index (χ2v) is 11.2. The van der Waals surface area contributed by atoms with Crippen molar-refractivity contribution < 1.29 is 9.53 Å². The molecule has 3 heteroatoms. The molecule has 4 aliphatic carbocycles. The molecule has 5 aliphatic rings. The Kier molecular flexibility index (Phi) is 3.54. The molecule has 2 nitrogen and oxygen atoms in total. The maximum atomic E-state index is 12.0. The Morgan fingerprint density at radius 1 is 1.04 bits per heavy atom. The molecule has 0 aromatic rings. The Balaban J connectivity index is 1.46. The van der Waals surface area contributed by atoms with Gasteiger partial charge >= 0.3 is 0 Å². The van der Waals surface area contributed by atoms with E-state index < -0.39 is 0 Å². The standard InChI is InChI=1S/C21H32O2S/c1-19-8-5-15(22)13-14(19)3-4-16-17(19)6-9-20(2)18(16)7-10-21(20)23-11-12-24-21/h14,16-18H,3-13H2,1-2H3/t14-,16-,17+,18-,19-,20-,21+/m1/s1. The number of ketones is 1. The average molecular weight is 349 g/mol. The van der Waals surface area contributed by atoms with Crippen molar-refractivity contribution in [1.82, 2.24) is 0 Å². The Hall–Kier alpha value is -0.0200. The Morgan fingerprint density at radius 3 is 2.67 bits per heavy atom. The van der Waals surface area contributed by atoms with Crippen LogP contribution in [0.5, 0.6) is 0 Å². The Labute approximate surface area is 150 Å². The smallest absolute Gasteiger partial charge is 0.133 e. The first kappa shape index (κ1) is 16.2. The van der Waals surface area contributed by atoms with E-state index in [0.717, 1.165) is 43.6 Å². The molecule has 0 bridgehead atoms. The van der Waals surface area contributed by atoms with Crippen LogP contribution in [0.15, 0.2) is 0 Å². The number of hydrogen-bond donors (Lipinski definition) is 0. The van der Waals surface area contributed by atoms with Gasteiger partial charge in [0, 0.05) is 24.0 Å². The minimum atomic E-state index is 0.142. The van der Waals surface area contributed by atoms with Gasteiger partial charge in [0.25, 0.3) is 0 Å². The van der Waals surface area contributed by atoms with Gasteiger partial charge in [-0.2, -0.15) is 0 Å². The van der Waals surface area contributed by atoms with Crippen LogP contribution in [0.4, 0.5) is 0 Å². The van der Waals surface area contributed by atoms with Crippen LogP contribution in [-0.4, -0.2) is 23.1 Å². The van der Waals surface area contributed by atoms with Crippen LogP contribution in [0, 0.1) is 34.5 Å². The summed E-state index contributed by atoms with van der Waals surface area (Å²) in [5.74, 6) is 5.02. The molecule has 5 fully saturated rings. The molecule has 7 atom stereocenters. The second-order valence-electron chi connectivity index (χ2n) is 9.84. The molecule has 0 N–H and O–H groups in total. The molecule has 134 valence electrons. The van der Waals surface area contributed by atoms with Crippen LogP contribution in [-0.2, 0) is 9.53 Å². The predicted molar refractivity (Wildman–Crippen MR) is 97.9 cm³/mol. The number of ether oxygens (including phenoxy) is 1. The molecule has 24 heavy (non-hydrogen) atoms. The first-order valence-electron chi connectivity index (χ1n) is 10.3. The van der Waals surface area contributed by atoms with E-state index in [0.29, 0.717) is 22.5 Å². The molecule has 0 aromatic carbocycles. The SMILES string of the molecule is C[C@@]12CCC(=O)C[C@H]1CC[C@H]1[C@H]3CC[C@@]4(OCCS4)[C@]3(C)CC[C@@H]12. The molecular weight excluding hydrogens is 316 g/mol. The van der Waals surface area contributed by atoms with Gasteiger partial charge in [-0.1, -0.05) is 13.8 Å². The highest BCUT2D eigenvalue weighted by Crippen LogP contribution is 2.71. The topological polar surface area (TPSA) is 26.3 Å². The third kappa shape index (κ3) is 1.92. The highest BCUT2D eigenvalue weighted by atomic mass is 32.2. The molecule has 5 rings (SSSR count). The van der Waals surface area contributed by atoms with Crippen LogP contribution >= 0.6 is 11.8 Å². The third-order valence-electron chi connectivity index (χ3n) is 9.28. The summed E-state index contributed by atoms with van der Waals surface area (Å²) in [5, 5.41) is 0. The number of hydrogen-bond acceptors (Lipinski definition) is 3. The number of fused-ring (bicyclic) bond motifs is 6. The van der Waals surface area contributed by atoms with Crippen molar-refractivity contribution in [2.24, 2.45) is 34.5 Å². The first-order valence-corrected chi connectivity index (χ1v) is 11.3.